The van der Waals surface area contributed by atoms with Crippen molar-refractivity contribution in [3.63, 3.8) is 0 Å². The van der Waals surface area contributed by atoms with Crippen LogP contribution in [0.4, 0.5) is 0 Å². The highest BCUT2D eigenvalue weighted by Gasteiger charge is 2.03. The normalized spacial score (nSPS) is 10.3. The maximum absolute atomic E-state index is 5.56. The molecule has 0 aliphatic rings. The molecule has 2 rings (SSSR count). The summed E-state index contributed by atoms with van der Waals surface area (Å²) in [7, 11) is 0. The number of H-pyrrole nitrogens is 1. The summed E-state index contributed by atoms with van der Waals surface area (Å²) in [6.07, 6.45) is 5.09. The molecule has 0 unspecified atom stereocenters. The van der Waals surface area contributed by atoms with E-state index in [0.29, 0.717) is 6.54 Å². The Kier molecular flexibility index (Phi) is 4.51. The molecule has 15 heavy (non-hydrogen) atoms. The number of hydrogen-bond donors (Lipinski definition) is 2. The van der Waals surface area contributed by atoms with Crippen LogP contribution in [0, 0.1) is 0 Å². The zero-order valence-corrected chi connectivity index (χ0v) is 10.3. The zero-order chi connectivity index (χ0) is 9.97. The molecule has 1 aromatic carbocycles. The fraction of sp³-hybridized carbons (Fsp3) is 0.273. The summed E-state index contributed by atoms with van der Waals surface area (Å²) >= 11 is 1.77. The van der Waals surface area contributed by atoms with E-state index in [4.69, 9.17) is 5.73 Å². The summed E-state index contributed by atoms with van der Waals surface area (Å²) in [5.41, 5.74) is 8.08. The van der Waals surface area contributed by atoms with Crippen molar-refractivity contribution in [1.29, 1.82) is 0 Å². The topological polar surface area (TPSA) is 41.8 Å². The summed E-state index contributed by atoms with van der Waals surface area (Å²) in [6.45, 7) is 0.705. The van der Waals surface area contributed by atoms with Crippen LogP contribution >= 0.6 is 24.2 Å². The van der Waals surface area contributed by atoms with Gasteiger partial charge in [-0.1, -0.05) is 0 Å². The quantitative estimate of drug-likeness (QED) is 0.813. The maximum Gasteiger partial charge on any atom is 0.0457 e. The first kappa shape index (κ1) is 12.4. The molecule has 0 saturated heterocycles. The van der Waals surface area contributed by atoms with Crippen molar-refractivity contribution in [2.75, 3.05) is 12.8 Å². The van der Waals surface area contributed by atoms with Gasteiger partial charge in [-0.05, 0) is 43.0 Å². The first-order chi connectivity index (χ1) is 6.85. The van der Waals surface area contributed by atoms with Crippen LogP contribution in [0.5, 0.6) is 0 Å². The molecular weight excluding hydrogens is 228 g/mol. The summed E-state index contributed by atoms with van der Waals surface area (Å²) in [4.78, 5) is 4.56. The molecule has 0 radical (unpaired) electrons. The highest BCUT2D eigenvalue weighted by molar-refractivity contribution is 7.98. The Labute approximate surface area is 100 Å². The monoisotopic (exact) mass is 242 g/mol. The first-order valence-corrected chi connectivity index (χ1v) is 5.91. The second-order valence-electron chi connectivity index (χ2n) is 3.26. The number of rotatable bonds is 3. The molecule has 2 nitrogen and oxygen atoms in total. The Hall–Kier alpha value is -0.640. The molecule has 0 fully saturated rings. The third-order valence-corrected chi connectivity index (χ3v) is 3.11. The second kappa shape index (κ2) is 5.45. The summed E-state index contributed by atoms with van der Waals surface area (Å²) < 4.78 is 0. The number of aromatic amines is 1. The SMILES string of the molecule is CSc1ccc2[nH]cc(CCN)c2c1.Cl. The Morgan fingerprint density at radius 2 is 2.20 bits per heavy atom. The fourth-order valence-electron chi connectivity index (χ4n) is 1.65. The molecule has 82 valence electrons. The molecule has 0 aliphatic heterocycles. The molecule has 2 aromatic rings. The Morgan fingerprint density at radius 3 is 2.87 bits per heavy atom. The Bertz CT molecular complexity index is 439. The predicted molar refractivity (Wildman–Crippen MR) is 70.1 cm³/mol. The van der Waals surface area contributed by atoms with Crippen LogP contribution < -0.4 is 5.73 Å². The van der Waals surface area contributed by atoms with E-state index in [1.807, 2.05) is 0 Å². The van der Waals surface area contributed by atoms with E-state index in [9.17, 15) is 0 Å². The number of hydrogen-bond acceptors (Lipinski definition) is 2. The van der Waals surface area contributed by atoms with Crippen molar-refractivity contribution in [2.45, 2.75) is 11.3 Å². The molecule has 0 bridgehead atoms. The number of benzene rings is 1. The van der Waals surface area contributed by atoms with Crippen molar-refractivity contribution < 1.29 is 0 Å². The largest absolute Gasteiger partial charge is 0.361 e. The second-order valence-corrected chi connectivity index (χ2v) is 4.14. The van der Waals surface area contributed by atoms with Crippen molar-refractivity contribution in [1.82, 2.24) is 4.98 Å². The van der Waals surface area contributed by atoms with Gasteiger partial charge in [-0.15, -0.1) is 24.2 Å². The Morgan fingerprint density at radius 1 is 1.40 bits per heavy atom. The number of aromatic nitrogens is 1. The minimum Gasteiger partial charge on any atom is -0.361 e. The summed E-state index contributed by atoms with van der Waals surface area (Å²) in [5.74, 6) is 0. The molecule has 0 amide bonds. The predicted octanol–water partition coefficient (Wildman–Crippen LogP) is 2.81. The van der Waals surface area contributed by atoms with E-state index < -0.39 is 0 Å². The van der Waals surface area contributed by atoms with E-state index in [2.05, 4.69) is 35.6 Å². The molecule has 3 N–H and O–H groups in total. The van der Waals surface area contributed by atoms with Gasteiger partial charge in [0.25, 0.3) is 0 Å². The minimum atomic E-state index is 0. The number of fused-ring (bicyclic) bond motifs is 1. The van der Waals surface area contributed by atoms with Gasteiger partial charge in [0.05, 0.1) is 0 Å². The van der Waals surface area contributed by atoms with Crippen molar-refractivity contribution in [3.05, 3.63) is 30.0 Å². The highest BCUT2D eigenvalue weighted by atomic mass is 35.5. The molecule has 1 aromatic heterocycles. The van der Waals surface area contributed by atoms with Gasteiger partial charge >= 0.3 is 0 Å². The van der Waals surface area contributed by atoms with Crippen LogP contribution in [0.15, 0.2) is 29.3 Å². The van der Waals surface area contributed by atoms with Crippen LogP contribution in [0.2, 0.25) is 0 Å². The van der Waals surface area contributed by atoms with Gasteiger partial charge in [-0.25, -0.2) is 0 Å². The molecule has 0 spiro atoms. The van der Waals surface area contributed by atoms with Gasteiger partial charge < -0.3 is 10.7 Å². The number of nitrogens with two attached hydrogens (primary N) is 1. The molecule has 0 aliphatic carbocycles. The third kappa shape index (κ3) is 2.48. The van der Waals surface area contributed by atoms with Crippen LogP contribution in [0.25, 0.3) is 10.9 Å². The molecule has 0 saturated carbocycles. The van der Waals surface area contributed by atoms with Crippen molar-refractivity contribution in [3.8, 4) is 0 Å². The van der Waals surface area contributed by atoms with Crippen LogP contribution in [0.1, 0.15) is 5.56 Å². The average molecular weight is 243 g/mol. The van der Waals surface area contributed by atoms with Crippen LogP contribution in [-0.4, -0.2) is 17.8 Å². The van der Waals surface area contributed by atoms with Gasteiger partial charge in [0.2, 0.25) is 0 Å². The lowest BCUT2D eigenvalue weighted by atomic mass is 10.1. The van der Waals surface area contributed by atoms with Crippen LogP contribution in [-0.2, 0) is 6.42 Å². The van der Waals surface area contributed by atoms with Gasteiger partial charge in [0.1, 0.15) is 0 Å². The lowest BCUT2D eigenvalue weighted by Gasteiger charge is -1.98. The molecule has 4 heteroatoms. The number of nitrogens with one attached hydrogen (secondary N) is 1. The maximum atomic E-state index is 5.56. The van der Waals surface area contributed by atoms with Gasteiger partial charge in [0.15, 0.2) is 0 Å². The van der Waals surface area contributed by atoms with E-state index in [1.54, 1.807) is 11.8 Å². The van der Waals surface area contributed by atoms with Gasteiger partial charge in [0, 0.05) is 22.0 Å². The van der Waals surface area contributed by atoms with E-state index >= 15 is 0 Å². The van der Waals surface area contributed by atoms with E-state index in [0.717, 1.165) is 6.42 Å². The van der Waals surface area contributed by atoms with Crippen LogP contribution in [0.3, 0.4) is 0 Å². The lowest BCUT2D eigenvalue weighted by molar-refractivity contribution is 0.976. The lowest BCUT2D eigenvalue weighted by Crippen LogP contribution is -2.01. The zero-order valence-electron chi connectivity index (χ0n) is 8.62. The van der Waals surface area contributed by atoms with E-state index in [-0.39, 0.29) is 12.4 Å². The number of halogens is 1. The summed E-state index contributed by atoms with van der Waals surface area (Å²) in [6, 6.07) is 6.48. The standard InChI is InChI=1S/C11H14N2S.ClH/c1-14-9-2-3-11-10(6-9)8(4-5-12)7-13-11;/h2-3,6-7,13H,4-5,12H2,1H3;1H. The third-order valence-electron chi connectivity index (χ3n) is 2.39. The first-order valence-electron chi connectivity index (χ1n) is 4.69. The molecule has 0 atom stereocenters. The van der Waals surface area contributed by atoms with Crippen molar-refractivity contribution >= 4 is 35.1 Å². The minimum absolute atomic E-state index is 0. The van der Waals surface area contributed by atoms with E-state index in [1.165, 1.54) is 21.4 Å². The highest BCUT2D eigenvalue weighted by Crippen LogP contribution is 2.24. The smallest absolute Gasteiger partial charge is 0.0457 e. The molecule has 1 heterocycles. The number of thioether (sulfide) groups is 1. The van der Waals surface area contributed by atoms with Gasteiger partial charge in [-0.2, -0.15) is 0 Å². The van der Waals surface area contributed by atoms with Crippen molar-refractivity contribution in [2.24, 2.45) is 5.73 Å². The summed E-state index contributed by atoms with van der Waals surface area (Å²) in [5, 5.41) is 1.31. The van der Waals surface area contributed by atoms with Gasteiger partial charge in [-0.3, -0.25) is 0 Å². The Balaban J connectivity index is 0.00000112. The molecular formula is C11H15ClN2S. The average Bonchev–Trinajstić information content (AvgIpc) is 2.61. The fourth-order valence-corrected chi connectivity index (χ4v) is 2.09.